The number of aromatic carboxylic acids is 1. The van der Waals surface area contributed by atoms with Gasteiger partial charge in [0.15, 0.2) is 0 Å². The number of aromatic nitrogens is 2. The highest BCUT2D eigenvalue weighted by Gasteiger charge is 2.10. The van der Waals surface area contributed by atoms with Crippen LogP contribution in [0.5, 0.6) is 0 Å². The molecule has 0 saturated heterocycles. The number of carboxylic acids is 1. The van der Waals surface area contributed by atoms with E-state index in [1.54, 1.807) is 24.5 Å². The Kier molecular flexibility index (Phi) is 4.30. The van der Waals surface area contributed by atoms with Gasteiger partial charge < -0.3 is 10.4 Å². The average molecular weight is 271 g/mol. The standard InChI is InChI=1S/C15H17N3O2/c1-10(2)13-6-12(15(19)20)7-14(18-13)17-9-11-4-3-5-16-8-11/h3-8,10H,9H2,1-2H3,(H,17,18)(H,19,20). The molecule has 0 bridgehead atoms. The first-order valence-corrected chi connectivity index (χ1v) is 6.44. The van der Waals surface area contributed by atoms with Crippen LogP contribution in [0.25, 0.3) is 0 Å². The fourth-order valence-corrected chi connectivity index (χ4v) is 1.76. The van der Waals surface area contributed by atoms with Gasteiger partial charge in [0.25, 0.3) is 0 Å². The maximum Gasteiger partial charge on any atom is 0.335 e. The molecule has 5 heteroatoms. The first kappa shape index (κ1) is 14.0. The van der Waals surface area contributed by atoms with Crippen molar-refractivity contribution in [2.24, 2.45) is 0 Å². The highest BCUT2D eigenvalue weighted by Crippen LogP contribution is 2.18. The fraction of sp³-hybridized carbons (Fsp3) is 0.267. The summed E-state index contributed by atoms with van der Waals surface area (Å²) in [6.07, 6.45) is 3.47. The third-order valence-corrected chi connectivity index (χ3v) is 2.88. The Bertz CT molecular complexity index is 597. The van der Waals surface area contributed by atoms with Crippen LogP contribution < -0.4 is 5.32 Å². The van der Waals surface area contributed by atoms with E-state index >= 15 is 0 Å². The molecule has 0 aliphatic carbocycles. The van der Waals surface area contributed by atoms with Gasteiger partial charge in [-0.15, -0.1) is 0 Å². The van der Waals surface area contributed by atoms with E-state index in [1.165, 1.54) is 0 Å². The Labute approximate surface area is 117 Å². The number of pyridine rings is 2. The third-order valence-electron chi connectivity index (χ3n) is 2.88. The quantitative estimate of drug-likeness (QED) is 0.874. The summed E-state index contributed by atoms with van der Waals surface area (Å²) in [4.78, 5) is 19.6. The predicted octanol–water partition coefficient (Wildman–Crippen LogP) is 2.91. The van der Waals surface area contributed by atoms with Crippen molar-refractivity contribution in [2.45, 2.75) is 26.3 Å². The number of anilines is 1. The minimum absolute atomic E-state index is 0.174. The Balaban J connectivity index is 2.20. The molecule has 2 rings (SSSR count). The lowest BCUT2D eigenvalue weighted by Gasteiger charge is -2.11. The SMILES string of the molecule is CC(C)c1cc(C(=O)O)cc(NCc2cccnc2)n1. The fourth-order valence-electron chi connectivity index (χ4n) is 1.76. The van der Waals surface area contributed by atoms with E-state index in [1.807, 2.05) is 26.0 Å². The Hall–Kier alpha value is -2.43. The molecule has 0 unspecified atom stereocenters. The van der Waals surface area contributed by atoms with Gasteiger partial charge in [-0.2, -0.15) is 0 Å². The second-order valence-electron chi connectivity index (χ2n) is 4.84. The molecular weight excluding hydrogens is 254 g/mol. The minimum atomic E-state index is -0.946. The van der Waals surface area contributed by atoms with Crippen LogP contribution in [-0.2, 0) is 6.54 Å². The van der Waals surface area contributed by atoms with E-state index < -0.39 is 5.97 Å². The number of hydrogen-bond donors (Lipinski definition) is 2. The summed E-state index contributed by atoms with van der Waals surface area (Å²) in [7, 11) is 0. The summed E-state index contributed by atoms with van der Waals surface area (Å²) < 4.78 is 0. The second kappa shape index (κ2) is 6.14. The van der Waals surface area contributed by atoms with Crippen LogP contribution in [0.15, 0.2) is 36.7 Å². The lowest BCUT2D eigenvalue weighted by molar-refractivity contribution is 0.0696. The molecule has 0 aliphatic rings. The van der Waals surface area contributed by atoms with Gasteiger partial charge in [-0.1, -0.05) is 19.9 Å². The molecule has 0 atom stereocenters. The molecule has 0 aliphatic heterocycles. The van der Waals surface area contributed by atoms with E-state index in [-0.39, 0.29) is 11.5 Å². The van der Waals surface area contributed by atoms with Crippen LogP contribution >= 0.6 is 0 Å². The Morgan fingerprint density at radius 3 is 2.80 bits per heavy atom. The van der Waals surface area contributed by atoms with Crippen molar-refractivity contribution >= 4 is 11.8 Å². The van der Waals surface area contributed by atoms with Crippen molar-refractivity contribution in [1.29, 1.82) is 0 Å². The summed E-state index contributed by atoms with van der Waals surface area (Å²) in [5.41, 5.74) is 2.03. The van der Waals surface area contributed by atoms with Gasteiger partial charge in [-0.25, -0.2) is 9.78 Å². The van der Waals surface area contributed by atoms with Gasteiger partial charge in [-0.3, -0.25) is 4.98 Å². The number of rotatable bonds is 5. The lowest BCUT2D eigenvalue weighted by Crippen LogP contribution is -2.07. The maximum atomic E-state index is 11.1. The summed E-state index contributed by atoms with van der Waals surface area (Å²) >= 11 is 0. The molecule has 0 spiro atoms. The normalized spacial score (nSPS) is 10.6. The highest BCUT2D eigenvalue weighted by atomic mass is 16.4. The van der Waals surface area contributed by atoms with Gasteiger partial charge in [0, 0.05) is 24.6 Å². The van der Waals surface area contributed by atoms with Crippen molar-refractivity contribution in [3.05, 3.63) is 53.5 Å². The van der Waals surface area contributed by atoms with Gasteiger partial charge in [-0.05, 0) is 29.7 Å². The zero-order chi connectivity index (χ0) is 14.5. The molecule has 2 N–H and O–H groups in total. The summed E-state index contributed by atoms with van der Waals surface area (Å²) in [5, 5.41) is 12.3. The van der Waals surface area contributed by atoms with Gasteiger partial charge in [0.05, 0.1) is 5.56 Å². The van der Waals surface area contributed by atoms with Crippen LogP contribution in [0.3, 0.4) is 0 Å². The maximum absolute atomic E-state index is 11.1. The van der Waals surface area contributed by atoms with Crippen LogP contribution in [0, 0.1) is 0 Å². The van der Waals surface area contributed by atoms with Gasteiger partial charge >= 0.3 is 5.97 Å². The van der Waals surface area contributed by atoms with E-state index in [0.717, 1.165) is 11.3 Å². The molecule has 2 aromatic rings. The zero-order valence-corrected chi connectivity index (χ0v) is 11.5. The summed E-state index contributed by atoms with van der Waals surface area (Å²) in [6.45, 7) is 4.53. The molecule has 104 valence electrons. The average Bonchev–Trinajstić information content (AvgIpc) is 2.45. The molecular formula is C15H17N3O2. The first-order chi connectivity index (χ1) is 9.56. The lowest BCUT2D eigenvalue weighted by atomic mass is 10.1. The van der Waals surface area contributed by atoms with E-state index in [4.69, 9.17) is 5.11 Å². The third kappa shape index (κ3) is 3.54. The van der Waals surface area contributed by atoms with Crippen molar-refractivity contribution in [3.63, 3.8) is 0 Å². The number of nitrogens with zero attached hydrogens (tertiary/aromatic N) is 2. The molecule has 20 heavy (non-hydrogen) atoms. The van der Waals surface area contributed by atoms with Crippen LogP contribution in [0.1, 0.15) is 41.4 Å². The number of carboxylic acid groups (broad SMARTS) is 1. The molecule has 0 saturated carbocycles. The predicted molar refractivity (Wildman–Crippen MR) is 76.8 cm³/mol. The van der Waals surface area contributed by atoms with Crippen molar-refractivity contribution in [3.8, 4) is 0 Å². The Morgan fingerprint density at radius 1 is 1.40 bits per heavy atom. The molecule has 2 heterocycles. The van der Waals surface area contributed by atoms with Crippen LogP contribution in [0.4, 0.5) is 5.82 Å². The molecule has 0 amide bonds. The first-order valence-electron chi connectivity index (χ1n) is 6.44. The monoisotopic (exact) mass is 271 g/mol. The van der Waals surface area contributed by atoms with Crippen LogP contribution in [0.2, 0.25) is 0 Å². The largest absolute Gasteiger partial charge is 0.478 e. The number of nitrogens with one attached hydrogen (secondary N) is 1. The topological polar surface area (TPSA) is 75.1 Å². The molecule has 0 aromatic carbocycles. The second-order valence-corrected chi connectivity index (χ2v) is 4.84. The van der Waals surface area contributed by atoms with E-state index in [2.05, 4.69) is 15.3 Å². The molecule has 5 nitrogen and oxygen atoms in total. The van der Waals surface area contributed by atoms with E-state index in [0.29, 0.717) is 12.4 Å². The number of carbonyl (C=O) groups is 1. The molecule has 0 radical (unpaired) electrons. The molecule has 2 aromatic heterocycles. The zero-order valence-electron chi connectivity index (χ0n) is 11.5. The van der Waals surface area contributed by atoms with Gasteiger partial charge in [0.2, 0.25) is 0 Å². The van der Waals surface area contributed by atoms with Crippen molar-refractivity contribution in [1.82, 2.24) is 9.97 Å². The van der Waals surface area contributed by atoms with E-state index in [9.17, 15) is 4.79 Å². The smallest absolute Gasteiger partial charge is 0.335 e. The van der Waals surface area contributed by atoms with Crippen molar-refractivity contribution < 1.29 is 9.90 Å². The van der Waals surface area contributed by atoms with Gasteiger partial charge in [0.1, 0.15) is 5.82 Å². The summed E-state index contributed by atoms with van der Waals surface area (Å²) in [5.74, 6) is -0.204. The highest BCUT2D eigenvalue weighted by molar-refractivity contribution is 5.88. The van der Waals surface area contributed by atoms with Crippen molar-refractivity contribution in [2.75, 3.05) is 5.32 Å². The van der Waals surface area contributed by atoms with Crippen LogP contribution in [-0.4, -0.2) is 21.0 Å². The summed E-state index contributed by atoms with van der Waals surface area (Å²) in [6, 6.07) is 6.97. The molecule has 0 fully saturated rings. The number of hydrogen-bond acceptors (Lipinski definition) is 4. The Morgan fingerprint density at radius 2 is 2.20 bits per heavy atom. The minimum Gasteiger partial charge on any atom is -0.478 e.